The van der Waals surface area contributed by atoms with Crippen LogP contribution < -0.4 is 5.32 Å². The summed E-state index contributed by atoms with van der Waals surface area (Å²) in [4.78, 5) is 23.8. The van der Waals surface area contributed by atoms with E-state index < -0.39 is 11.9 Å². The molecule has 6 nitrogen and oxygen atoms in total. The van der Waals surface area contributed by atoms with Gasteiger partial charge in [0.2, 0.25) is 0 Å². The Morgan fingerprint density at radius 3 is 2.47 bits per heavy atom. The molecule has 3 rings (SSSR count). The maximum Gasteiger partial charge on any atom is 0.338 e. The summed E-state index contributed by atoms with van der Waals surface area (Å²) < 4.78 is 24.8. The Morgan fingerprint density at radius 2 is 1.79 bits per heavy atom. The number of aryl methyl sites for hydroxylation is 1. The zero-order chi connectivity index (χ0) is 27.9. The van der Waals surface area contributed by atoms with Crippen molar-refractivity contribution < 1.29 is 28.6 Å². The van der Waals surface area contributed by atoms with Crippen molar-refractivity contribution in [1.82, 2.24) is 5.32 Å². The van der Waals surface area contributed by atoms with Crippen LogP contribution in [0, 0.1) is 12.7 Å². The SMILES string of the molecule is COC(=O)c1cc(-c2ccccc2[C@@H](C)OCCCNC(C)(C)Cc2ccc(C)c(F)c2)ccc1C(=O)O. The highest BCUT2D eigenvalue weighted by atomic mass is 19.1. The number of aromatic carboxylic acids is 1. The summed E-state index contributed by atoms with van der Waals surface area (Å²) in [6.45, 7) is 9.20. The van der Waals surface area contributed by atoms with Crippen LogP contribution in [0.4, 0.5) is 4.39 Å². The minimum atomic E-state index is -1.19. The van der Waals surface area contributed by atoms with E-state index in [2.05, 4.69) is 19.2 Å². The Morgan fingerprint density at radius 1 is 1.05 bits per heavy atom. The van der Waals surface area contributed by atoms with Crippen LogP contribution in [-0.4, -0.2) is 42.8 Å². The summed E-state index contributed by atoms with van der Waals surface area (Å²) in [5.74, 6) is -2.07. The summed E-state index contributed by atoms with van der Waals surface area (Å²) in [7, 11) is 1.22. The van der Waals surface area contributed by atoms with Crippen LogP contribution in [-0.2, 0) is 15.9 Å². The van der Waals surface area contributed by atoms with Crippen LogP contribution >= 0.6 is 0 Å². The Hall–Kier alpha value is -3.55. The van der Waals surface area contributed by atoms with Crippen molar-refractivity contribution in [2.24, 2.45) is 0 Å². The van der Waals surface area contributed by atoms with Crippen LogP contribution in [0.5, 0.6) is 0 Å². The number of esters is 1. The summed E-state index contributed by atoms with van der Waals surface area (Å²) in [6.07, 6.45) is 1.27. The summed E-state index contributed by atoms with van der Waals surface area (Å²) in [5, 5.41) is 13.0. The highest BCUT2D eigenvalue weighted by Gasteiger charge is 2.21. The predicted octanol–water partition coefficient (Wildman–Crippen LogP) is 6.36. The zero-order valence-corrected chi connectivity index (χ0v) is 22.6. The van der Waals surface area contributed by atoms with Gasteiger partial charge in [0.1, 0.15) is 5.82 Å². The van der Waals surface area contributed by atoms with Gasteiger partial charge in [0, 0.05) is 12.1 Å². The lowest BCUT2D eigenvalue weighted by atomic mass is 9.93. The topological polar surface area (TPSA) is 84.9 Å². The molecule has 3 aromatic carbocycles. The fraction of sp³-hybridized carbons (Fsp3) is 0.355. The Balaban J connectivity index is 1.61. The maximum atomic E-state index is 13.9. The zero-order valence-electron chi connectivity index (χ0n) is 22.6. The molecule has 0 spiro atoms. The number of carboxylic acids is 1. The van der Waals surface area contributed by atoms with Gasteiger partial charge in [-0.2, -0.15) is 0 Å². The van der Waals surface area contributed by atoms with Crippen molar-refractivity contribution in [3.8, 4) is 11.1 Å². The number of carbonyl (C=O) groups is 2. The average molecular weight is 522 g/mol. The monoisotopic (exact) mass is 521 g/mol. The fourth-order valence-electron chi connectivity index (χ4n) is 4.46. The molecule has 0 aliphatic heterocycles. The highest BCUT2D eigenvalue weighted by molar-refractivity contribution is 6.03. The van der Waals surface area contributed by atoms with Crippen molar-refractivity contribution in [3.63, 3.8) is 0 Å². The van der Waals surface area contributed by atoms with Gasteiger partial charge in [0.25, 0.3) is 0 Å². The summed E-state index contributed by atoms with van der Waals surface area (Å²) >= 11 is 0. The van der Waals surface area contributed by atoms with Gasteiger partial charge in [-0.1, -0.05) is 42.5 Å². The number of carboxylic acid groups (broad SMARTS) is 1. The number of halogens is 1. The molecule has 0 radical (unpaired) electrons. The van der Waals surface area contributed by atoms with Crippen LogP contribution in [0.3, 0.4) is 0 Å². The lowest BCUT2D eigenvalue weighted by Crippen LogP contribution is -2.42. The first-order chi connectivity index (χ1) is 18.0. The van der Waals surface area contributed by atoms with Crippen LogP contribution in [0.1, 0.15) is 70.7 Å². The molecular weight excluding hydrogens is 485 g/mol. The fourth-order valence-corrected chi connectivity index (χ4v) is 4.46. The van der Waals surface area contributed by atoms with Gasteiger partial charge in [0.15, 0.2) is 0 Å². The molecule has 0 heterocycles. The molecule has 0 saturated carbocycles. The molecule has 202 valence electrons. The lowest BCUT2D eigenvalue weighted by molar-refractivity contribution is 0.0583. The lowest BCUT2D eigenvalue weighted by Gasteiger charge is -2.27. The van der Waals surface area contributed by atoms with E-state index in [1.165, 1.54) is 13.2 Å². The number of hydrogen-bond acceptors (Lipinski definition) is 5. The molecule has 0 fully saturated rings. The molecule has 0 unspecified atom stereocenters. The number of ether oxygens (including phenoxy) is 2. The smallest absolute Gasteiger partial charge is 0.338 e. The van der Waals surface area contributed by atoms with E-state index in [-0.39, 0.29) is 28.6 Å². The molecule has 0 aromatic heterocycles. The van der Waals surface area contributed by atoms with E-state index in [1.807, 2.05) is 43.3 Å². The van der Waals surface area contributed by atoms with Crippen molar-refractivity contribution in [2.75, 3.05) is 20.3 Å². The van der Waals surface area contributed by atoms with Gasteiger partial charge in [-0.05, 0) is 93.1 Å². The number of rotatable bonds is 12. The number of carbonyl (C=O) groups excluding carboxylic acids is 1. The van der Waals surface area contributed by atoms with Crippen molar-refractivity contribution in [1.29, 1.82) is 0 Å². The maximum absolute atomic E-state index is 13.9. The standard InChI is InChI=1S/C31H36FNO5/c1-20-11-12-22(17-28(20)32)19-31(3,4)33-15-8-16-38-21(2)24-9-6-7-10-25(24)23-13-14-26(29(34)35)27(18-23)30(36)37-5/h6-7,9-14,17-18,21,33H,8,15-16,19H2,1-5H3,(H,34,35)/t21-/m1/s1. The van der Waals surface area contributed by atoms with Gasteiger partial charge in [-0.15, -0.1) is 0 Å². The molecule has 7 heteroatoms. The third-order valence-corrected chi connectivity index (χ3v) is 6.54. The van der Waals surface area contributed by atoms with E-state index in [4.69, 9.17) is 9.47 Å². The second-order valence-corrected chi connectivity index (χ2v) is 10.1. The third kappa shape index (κ3) is 7.49. The largest absolute Gasteiger partial charge is 0.478 e. The number of benzene rings is 3. The number of hydrogen-bond donors (Lipinski definition) is 2. The van der Waals surface area contributed by atoms with Gasteiger partial charge in [-0.3, -0.25) is 0 Å². The predicted molar refractivity (Wildman–Crippen MR) is 146 cm³/mol. The van der Waals surface area contributed by atoms with Crippen molar-refractivity contribution in [2.45, 2.75) is 52.2 Å². The van der Waals surface area contributed by atoms with Crippen LogP contribution in [0.2, 0.25) is 0 Å². The van der Waals surface area contributed by atoms with E-state index in [0.717, 1.165) is 29.7 Å². The first kappa shape index (κ1) is 29.0. The second-order valence-electron chi connectivity index (χ2n) is 10.1. The molecule has 0 saturated heterocycles. The van der Waals surface area contributed by atoms with E-state index in [1.54, 1.807) is 25.1 Å². The first-order valence-corrected chi connectivity index (χ1v) is 12.7. The highest BCUT2D eigenvalue weighted by Crippen LogP contribution is 2.31. The quantitative estimate of drug-likeness (QED) is 0.213. The molecule has 3 aromatic rings. The number of nitrogens with one attached hydrogen (secondary N) is 1. The van der Waals surface area contributed by atoms with Crippen molar-refractivity contribution >= 4 is 11.9 Å². The third-order valence-electron chi connectivity index (χ3n) is 6.54. The normalized spacial score (nSPS) is 12.3. The van der Waals surface area contributed by atoms with Crippen molar-refractivity contribution in [3.05, 3.63) is 94.3 Å². The minimum absolute atomic E-state index is 0.00272. The van der Waals surface area contributed by atoms with Gasteiger partial charge >= 0.3 is 11.9 Å². The Kier molecular flexibility index (Phi) is 9.78. The molecule has 0 aliphatic carbocycles. The number of methoxy groups -OCH3 is 1. The van der Waals surface area contributed by atoms with Gasteiger partial charge in [0.05, 0.1) is 24.3 Å². The first-order valence-electron chi connectivity index (χ1n) is 12.7. The average Bonchev–Trinajstić information content (AvgIpc) is 2.89. The molecule has 2 N–H and O–H groups in total. The summed E-state index contributed by atoms with van der Waals surface area (Å²) in [6, 6.07) is 17.7. The van der Waals surface area contributed by atoms with Crippen LogP contribution in [0.15, 0.2) is 60.7 Å². The van der Waals surface area contributed by atoms with E-state index in [0.29, 0.717) is 24.2 Å². The molecule has 1 atom stereocenters. The molecule has 0 amide bonds. The van der Waals surface area contributed by atoms with Gasteiger partial charge < -0.3 is 19.9 Å². The minimum Gasteiger partial charge on any atom is -0.478 e. The molecule has 38 heavy (non-hydrogen) atoms. The summed E-state index contributed by atoms with van der Waals surface area (Å²) in [5.41, 5.74) is 3.80. The Bertz CT molecular complexity index is 1290. The van der Waals surface area contributed by atoms with Crippen LogP contribution in [0.25, 0.3) is 11.1 Å². The van der Waals surface area contributed by atoms with E-state index in [9.17, 15) is 19.1 Å². The van der Waals surface area contributed by atoms with Gasteiger partial charge in [-0.25, -0.2) is 14.0 Å². The van der Waals surface area contributed by atoms with E-state index >= 15 is 0 Å². The molecule has 0 aliphatic rings. The second kappa shape index (κ2) is 12.8. The molecule has 0 bridgehead atoms. The molecular formula is C31H36FNO5. The Labute approximate surface area is 223 Å².